The lowest BCUT2D eigenvalue weighted by Crippen LogP contribution is -2.56. The van der Waals surface area contributed by atoms with Crippen LogP contribution in [0.3, 0.4) is 0 Å². The van der Waals surface area contributed by atoms with Crippen molar-refractivity contribution < 1.29 is 23.8 Å². The minimum absolute atomic E-state index is 0.0712. The van der Waals surface area contributed by atoms with Crippen LogP contribution in [-0.4, -0.2) is 110 Å². The van der Waals surface area contributed by atoms with Gasteiger partial charge >= 0.3 is 6.03 Å². The van der Waals surface area contributed by atoms with E-state index in [0.29, 0.717) is 98.6 Å². The third kappa shape index (κ3) is 7.48. The van der Waals surface area contributed by atoms with Crippen LogP contribution in [0.25, 0.3) is 0 Å². The number of urea groups is 1. The number of nitriles is 1. The number of morpholine rings is 1. The Morgan fingerprint density at radius 2 is 1.53 bits per heavy atom. The van der Waals surface area contributed by atoms with Crippen LogP contribution in [-0.2, 0) is 9.53 Å². The fraction of sp³-hybridized carbons (Fsp3) is 0.389. The lowest BCUT2D eigenvalue weighted by Gasteiger charge is -2.39. The number of amidine groups is 1. The molecule has 2 atom stereocenters. The number of ether oxygens (including phenoxy) is 3. The van der Waals surface area contributed by atoms with Crippen LogP contribution in [0.1, 0.15) is 41.3 Å². The highest BCUT2D eigenvalue weighted by Crippen LogP contribution is 2.46. The molecule has 49 heavy (non-hydrogen) atoms. The Hall–Kier alpha value is -4.34. The summed E-state index contributed by atoms with van der Waals surface area (Å²) in [6, 6.07) is 19.0. The Bertz CT molecular complexity index is 1730. The van der Waals surface area contributed by atoms with E-state index >= 15 is 0 Å². The lowest BCUT2D eigenvalue weighted by molar-refractivity contribution is -0.136. The Morgan fingerprint density at radius 1 is 0.898 bits per heavy atom. The van der Waals surface area contributed by atoms with Gasteiger partial charge in [0.1, 0.15) is 29.4 Å². The van der Waals surface area contributed by atoms with E-state index in [4.69, 9.17) is 42.4 Å². The summed E-state index contributed by atoms with van der Waals surface area (Å²) in [5.74, 6) is 1.24. The molecule has 0 radical (unpaired) electrons. The molecule has 0 unspecified atom stereocenters. The van der Waals surface area contributed by atoms with Crippen LogP contribution >= 0.6 is 23.2 Å². The van der Waals surface area contributed by atoms with Crippen molar-refractivity contribution in [3.8, 4) is 17.6 Å². The zero-order chi connectivity index (χ0) is 34.5. The molecule has 3 aromatic rings. The third-order valence-electron chi connectivity index (χ3n) is 9.02. The van der Waals surface area contributed by atoms with Crippen molar-refractivity contribution in [2.75, 3.05) is 72.7 Å². The number of carbonyl (C=O) groups excluding carboxylic acids is 2. The second-order valence-electron chi connectivity index (χ2n) is 11.9. The van der Waals surface area contributed by atoms with E-state index in [1.54, 1.807) is 46.2 Å². The normalized spacial score (nSPS) is 19.7. The predicted molar refractivity (Wildman–Crippen MR) is 186 cm³/mol. The number of hydrogen-bond acceptors (Lipinski definition) is 8. The van der Waals surface area contributed by atoms with Crippen molar-refractivity contribution >= 4 is 41.0 Å². The molecule has 0 N–H and O–H groups in total. The highest BCUT2D eigenvalue weighted by molar-refractivity contribution is 6.30. The molecule has 3 aliphatic rings. The number of carbonyl (C=O) groups is 2. The van der Waals surface area contributed by atoms with Crippen molar-refractivity contribution in [2.45, 2.75) is 19.0 Å². The number of hydrogen-bond donors (Lipinski definition) is 0. The largest absolute Gasteiger partial charge is 0.495 e. The van der Waals surface area contributed by atoms with Gasteiger partial charge in [0.15, 0.2) is 0 Å². The van der Waals surface area contributed by atoms with E-state index in [9.17, 15) is 14.9 Å². The van der Waals surface area contributed by atoms with Gasteiger partial charge in [-0.1, -0.05) is 47.5 Å². The maximum atomic E-state index is 14.9. The third-order valence-corrected chi connectivity index (χ3v) is 9.53. The Morgan fingerprint density at radius 3 is 2.12 bits per heavy atom. The van der Waals surface area contributed by atoms with Crippen molar-refractivity contribution in [1.29, 1.82) is 5.26 Å². The second-order valence-corrected chi connectivity index (χ2v) is 12.8. The van der Waals surface area contributed by atoms with Crippen LogP contribution < -0.4 is 9.47 Å². The number of aliphatic imine (C=N–C) groups is 1. The predicted octanol–water partition coefficient (Wildman–Crippen LogP) is 5.41. The molecule has 3 aliphatic heterocycles. The van der Waals surface area contributed by atoms with Crippen LogP contribution in [0.15, 0.2) is 65.7 Å². The average Bonchev–Trinajstić information content (AvgIpc) is 3.53. The summed E-state index contributed by atoms with van der Waals surface area (Å²) in [6.07, 6.45) is 0. The van der Waals surface area contributed by atoms with Crippen LogP contribution in [0.2, 0.25) is 10.0 Å². The summed E-state index contributed by atoms with van der Waals surface area (Å²) < 4.78 is 17.0. The number of amides is 3. The van der Waals surface area contributed by atoms with Crippen molar-refractivity contribution in [1.82, 2.24) is 19.6 Å². The number of methoxy groups -OCH3 is 1. The molecule has 0 saturated carbocycles. The number of rotatable bonds is 8. The van der Waals surface area contributed by atoms with Gasteiger partial charge in [0, 0.05) is 55.4 Å². The van der Waals surface area contributed by atoms with Gasteiger partial charge in [-0.15, -0.1) is 0 Å². The molecule has 2 saturated heterocycles. The van der Waals surface area contributed by atoms with Gasteiger partial charge in [-0.05, 0) is 48.4 Å². The minimum Gasteiger partial charge on any atom is -0.495 e. The highest BCUT2D eigenvalue weighted by Gasteiger charge is 2.45. The van der Waals surface area contributed by atoms with E-state index in [1.165, 1.54) is 7.11 Å². The first-order valence-electron chi connectivity index (χ1n) is 16.3. The molecule has 3 heterocycles. The molecule has 2 fully saturated rings. The fourth-order valence-corrected chi connectivity index (χ4v) is 6.73. The summed E-state index contributed by atoms with van der Waals surface area (Å²) >= 11 is 12.6. The van der Waals surface area contributed by atoms with Gasteiger partial charge in [-0.3, -0.25) is 19.6 Å². The minimum atomic E-state index is -0.566. The molecular formula is C36H38Cl2N6O5. The molecule has 0 spiro atoms. The molecule has 0 aliphatic carbocycles. The molecule has 3 amide bonds. The fourth-order valence-electron chi connectivity index (χ4n) is 6.48. The molecule has 0 aromatic heterocycles. The first-order chi connectivity index (χ1) is 23.8. The first kappa shape index (κ1) is 34.5. The van der Waals surface area contributed by atoms with Crippen molar-refractivity contribution in [2.24, 2.45) is 4.99 Å². The summed E-state index contributed by atoms with van der Waals surface area (Å²) in [4.78, 5) is 40.5. The van der Waals surface area contributed by atoms with Gasteiger partial charge in [0.2, 0.25) is 5.91 Å². The summed E-state index contributed by atoms with van der Waals surface area (Å²) in [5, 5.41) is 11.2. The highest BCUT2D eigenvalue weighted by atomic mass is 35.5. The average molecular weight is 706 g/mol. The number of benzene rings is 3. The number of halogens is 2. The Balaban J connectivity index is 1.38. The first-order valence-corrected chi connectivity index (χ1v) is 17.1. The molecule has 11 nitrogen and oxygen atoms in total. The standard InChI is InChI=1S/C36H38Cl2N6O5/c1-3-49-31-21-30(47-2)26(22-39)20-29(31)35-40-33(24-4-8-27(37)9-5-24)34(25-6-10-28(38)11-7-25)44(35)36(46)43-14-12-41(13-15-43)23-32(45)42-16-18-48-19-17-42/h4-11,20-21,33-34H,3,12-19,23H2,1-2H3/t33-,34+/m0/s1. The smallest absolute Gasteiger partial charge is 0.326 e. The molecule has 256 valence electrons. The SMILES string of the molecule is CCOc1cc(OC)c(C#N)cc1C1=N[C@@H](c2ccc(Cl)cc2)[C@@H](c2ccc(Cl)cc2)N1C(=O)N1CCN(CC(=O)N2CCOCC2)CC1. The van der Waals surface area contributed by atoms with Crippen LogP contribution in [0.4, 0.5) is 4.79 Å². The van der Waals surface area contributed by atoms with Crippen molar-refractivity contribution in [3.63, 3.8) is 0 Å². The Labute approximate surface area is 296 Å². The maximum Gasteiger partial charge on any atom is 0.326 e. The summed E-state index contributed by atoms with van der Waals surface area (Å²) in [7, 11) is 1.50. The summed E-state index contributed by atoms with van der Waals surface area (Å²) in [5.41, 5.74) is 2.47. The van der Waals surface area contributed by atoms with E-state index < -0.39 is 12.1 Å². The maximum absolute atomic E-state index is 14.9. The van der Waals surface area contributed by atoms with Gasteiger partial charge in [-0.25, -0.2) is 4.79 Å². The van der Waals surface area contributed by atoms with Gasteiger partial charge in [0.05, 0.1) is 50.6 Å². The van der Waals surface area contributed by atoms with Gasteiger partial charge in [0.25, 0.3) is 0 Å². The number of piperazine rings is 1. The molecule has 3 aromatic carbocycles. The van der Waals surface area contributed by atoms with E-state index in [2.05, 4.69) is 11.0 Å². The zero-order valence-electron chi connectivity index (χ0n) is 27.5. The van der Waals surface area contributed by atoms with Crippen LogP contribution in [0, 0.1) is 11.3 Å². The van der Waals surface area contributed by atoms with E-state index in [1.807, 2.05) is 36.1 Å². The lowest BCUT2D eigenvalue weighted by atomic mass is 9.93. The molecule has 0 bridgehead atoms. The molecule has 6 rings (SSSR count). The second kappa shape index (κ2) is 15.5. The van der Waals surface area contributed by atoms with Crippen LogP contribution in [0.5, 0.6) is 11.5 Å². The van der Waals surface area contributed by atoms with Gasteiger partial charge in [-0.2, -0.15) is 5.26 Å². The Kier molecular flexibility index (Phi) is 10.9. The van der Waals surface area contributed by atoms with Crippen molar-refractivity contribution in [3.05, 3.63) is 93.0 Å². The monoisotopic (exact) mass is 704 g/mol. The zero-order valence-corrected chi connectivity index (χ0v) is 29.0. The van der Waals surface area contributed by atoms with Gasteiger partial charge < -0.3 is 24.0 Å². The quantitative estimate of drug-likeness (QED) is 0.308. The number of nitrogens with zero attached hydrogens (tertiary/aromatic N) is 6. The van der Waals surface area contributed by atoms with E-state index in [-0.39, 0.29) is 17.5 Å². The molecular weight excluding hydrogens is 667 g/mol. The topological polar surface area (TPSA) is 111 Å². The van der Waals surface area contributed by atoms with E-state index in [0.717, 1.165) is 11.1 Å². The summed E-state index contributed by atoms with van der Waals surface area (Å²) in [6.45, 7) is 6.72. The molecule has 13 heteroatoms.